The Morgan fingerprint density at radius 1 is 0.283 bits per heavy atom. The molecule has 60 heavy (non-hydrogen) atoms. The molecule has 2 nitrogen and oxygen atoms in total. The molecule has 2 aromatic heterocycles. The number of para-hydroxylation sites is 3. The number of rotatable bonds is 5. The molecule has 12 rings (SSSR count). The van der Waals surface area contributed by atoms with Crippen molar-refractivity contribution in [3.63, 3.8) is 0 Å². The van der Waals surface area contributed by atoms with E-state index in [2.05, 4.69) is 229 Å². The van der Waals surface area contributed by atoms with E-state index in [-0.39, 0.29) is 0 Å². The lowest BCUT2D eigenvalue weighted by Gasteiger charge is -2.21. The van der Waals surface area contributed by atoms with Crippen LogP contribution in [0.3, 0.4) is 0 Å². The molecule has 0 aliphatic rings. The Morgan fingerprint density at radius 3 is 1.43 bits per heavy atom. The molecule has 0 fully saturated rings. The van der Waals surface area contributed by atoms with E-state index in [1.807, 2.05) is 0 Å². The fourth-order valence-corrected chi connectivity index (χ4v) is 10.1. The van der Waals surface area contributed by atoms with Crippen LogP contribution in [0.2, 0.25) is 0 Å². The van der Waals surface area contributed by atoms with Crippen LogP contribution in [0.4, 0.5) is 0 Å². The molecule has 0 N–H and O–H groups in total. The zero-order chi connectivity index (χ0) is 39.9. The average molecular weight is 765 g/mol. The normalized spacial score (nSPS) is 11.8. The van der Waals surface area contributed by atoms with Gasteiger partial charge in [-0.05, 0) is 134 Å². The van der Waals surface area contributed by atoms with Gasteiger partial charge in [0.2, 0.25) is 0 Å². The van der Waals surface area contributed by atoms with Crippen molar-refractivity contribution in [1.29, 1.82) is 0 Å². The van der Waals surface area contributed by atoms with Crippen molar-refractivity contribution in [2.45, 2.75) is 13.8 Å². The van der Waals surface area contributed by atoms with Crippen molar-refractivity contribution < 1.29 is 0 Å². The van der Waals surface area contributed by atoms with Gasteiger partial charge in [0.1, 0.15) is 0 Å². The smallest absolute Gasteiger partial charge is 0.0547 e. The lowest BCUT2D eigenvalue weighted by molar-refractivity contribution is 1.14. The minimum Gasteiger partial charge on any atom is -0.309 e. The molecule has 2 heteroatoms. The molecule has 0 radical (unpaired) electrons. The van der Waals surface area contributed by atoms with Crippen LogP contribution in [0.5, 0.6) is 0 Å². The van der Waals surface area contributed by atoms with Gasteiger partial charge < -0.3 is 9.13 Å². The highest BCUT2D eigenvalue weighted by Gasteiger charge is 2.21. The first kappa shape index (κ1) is 34.4. The Kier molecular flexibility index (Phi) is 7.70. The standard InChI is InChI=1S/C58H40N2/c1-37-34-55(38(2)33-50(37)58-48-25-11-9-23-46(48)57(39-17-5-3-6-18-39)47-24-10-12-26-49(47)58)60-53-28-16-13-21-43(53)45-31-29-41(36-56(45)60)40-30-32-54-51(35-40)44-22-14-15-27-52(44)59(54)42-19-7-4-8-20-42/h3-36H,1-2H3. The van der Waals surface area contributed by atoms with E-state index >= 15 is 0 Å². The van der Waals surface area contributed by atoms with Crippen LogP contribution in [-0.4, -0.2) is 9.13 Å². The summed E-state index contributed by atoms with van der Waals surface area (Å²) in [6.07, 6.45) is 0. The maximum Gasteiger partial charge on any atom is 0.0547 e. The van der Waals surface area contributed by atoms with Crippen LogP contribution in [0.1, 0.15) is 11.1 Å². The number of benzene rings is 10. The first-order valence-electron chi connectivity index (χ1n) is 20.9. The summed E-state index contributed by atoms with van der Waals surface area (Å²) in [5.74, 6) is 0. The molecular weight excluding hydrogens is 725 g/mol. The molecule has 12 aromatic rings. The molecular formula is C58H40N2. The minimum absolute atomic E-state index is 1.17. The van der Waals surface area contributed by atoms with Gasteiger partial charge in [-0.3, -0.25) is 0 Å². The van der Waals surface area contributed by atoms with E-state index in [1.165, 1.54) is 121 Å². The average Bonchev–Trinajstić information content (AvgIpc) is 3.81. The number of nitrogens with zero attached hydrogens (tertiary/aromatic N) is 2. The Hall–Kier alpha value is -7.68. The maximum atomic E-state index is 2.49. The summed E-state index contributed by atoms with van der Waals surface area (Å²) in [5.41, 5.74) is 17.2. The molecule has 0 spiro atoms. The number of aromatic nitrogens is 2. The first-order chi connectivity index (χ1) is 29.6. The van der Waals surface area contributed by atoms with Crippen LogP contribution in [0, 0.1) is 13.8 Å². The molecule has 0 saturated heterocycles. The molecule has 0 bridgehead atoms. The number of aryl methyl sites for hydroxylation is 2. The van der Waals surface area contributed by atoms with Crippen molar-refractivity contribution in [3.8, 4) is 44.8 Å². The van der Waals surface area contributed by atoms with Crippen LogP contribution < -0.4 is 0 Å². The predicted molar refractivity (Wildman–Crippen MR) is 256 cm³/mol. The summed E-state index contributed by atoms with van der Waals surface area (Å²) in [4.78, 5) is 0. The van der Waals surface area contributed by atoms with Crippen LogP contribution >= 0.6 is 0 Å². The van der Waals surface area contributed by atoms with Gasteiger partial charge in [-0.1, -0.05) is 152 Å². The molecule has 0 saturated carbocycles. The van der Waals surface area contributed by atoms with Gasteiger partial charge in [-0.2, -0.15) is 0 Å². The third-order valence-corrected chi connectivity index (χ3v) is 12.7. The van der Waals surface area contributed by atoms with Crippen LogP contribution in [-0.2, 0) is 0 Å². The fraction of sp³-hybridized carbons (Fsp3) is 0.0345. The maximum absolute atomic E-state index is 2.49. The topological polar surface area (TPSA) is 9.86 Å². The van der Waals surface area contributed by atoms with E-state index in [4.69, 9.17) is 0 Å². The van der Waals surface area contributed by atoms with Crippen molar-refractivity contribution >= 4 is 65.2 Å². The molecule has 10 aromatic carbocycles. The second-order valence-corrected chi connectivity index (χ2v) is 16.2. The molecule has 282 valence electrons. The molecule has 0 aliphatic heterocycles. The molecule has 2 heterocycles. The number of hydrogen-bond donors (Lipinski definition) is 0. The van der Waals surface area contributed by atoms with Crippen molar-refractivity contribution in [3.05, 3.63) is 217 Å². The Bertz CT molecular complexity index is 3600. The third-order valence-electron chi connectivity index (χ3n) is 12.7. The van der Waals surface area contributed by atoms with E-state index in [9.17, 15) is 0 Å². The third kappa shape index (κ3) is 5.14. The van der Waals surface area contributed by atoms with Gasteiger partial charge in [0.05, 0.1) is 22.1 Å². The molecule has 0 amide bonds. The zero-order valence-electron chi connectivity index (χ0n) is 33.5. The highest BCUT2D eigenvalue weighted by Crippen LogP contribution is 2.46. The van der Waals surface area contributed by atoms with Gasteiger partial charge in [-0.15, -0.1) is 0 Å². The van der Waals surface area contributed by atoms with Gasteiger partial charge in [0, 0.05) is 32.9 Å². The SMILES string of the molecule is Cc1cc(-n2c3ccccc3c3ccc(-c4ccc5c(c4)c4ccccc4n5-c4ccccc4)cc32)c(C)cc1-c1c2ccccc2c(-c2ccccc2)c2ccccc12. The van der Waals surface area contributed by atoms with Gasteiger partial charge in [0.25, 0.3) is 0 Å². The van der Waals surface area contributed by atoms with Gasteiger partial charge in [-0.25, -0.2) is 0 Å². The lowest BCUT2D eigenvalue weighted by atomic mass is 9.84. The molecule has 0 aliphatic carbocycles. The van der Waals surface area contributed by atoms with Crippen LogP contribution in [0.15, 0.2) is 206 Å². The van der Waals surface area contributed by atoms with E-state index < -0.39 is 0 Å². The minimum atomic E-state index is 1.17. The van der Waals surface area contributed by atoms with Crippen molar-refractivity contribution in [1.82, 2.24) is 9.13 Å². The quantitative estimate of drug-likeness (QED) is 0.155. The Balaban J connectivity index is 1.05. The van der Waals surface area contributed by atoms with Crippen molar-refractivity contribution in [2.75, 3.05) is 0 Å². The summed E-state index contributed by atoms with van der Waals surface area (Å²) in [7, 11) is 0. The van der Waals surface area contributed by atoms with Crippen molar-refractivity contribution in [2.24, 2.45) is 0 Å². The fourth-order valence-electron chi connectivity index (χ4n) is 10.1. The predicted octanol–water partition coefficient (Wildman–Crippen LogP) is 15.8. The summed E-state index contributed by atoms with van der Waals surface area (Å²) >= 11 is 0. The van der Waals surface area contributed by atoms with Crippen LogP contribution in [0.25, 0.3) is 110 Å². The number of fused-ring (bicyclic) bond motifs is 8. The lowest BCUT2D eigenvalue weighted by Crippen LogP contribution is -2.00. The largest absolute Gasteiger partial charge is 0.309 e. The Labute approximate surface area is 348 Å². The summed E-state index contributed by atoms with van der Waals surface area (Å²) in [6.45, 7) is 4.56. The van der Waals surface area contributed by atoms with E-state index in [0.717, 1.165) is 0 Å². The monoisotopic (exact) mass is 764 g/mol. The Morgan fingerprint density at radius 2 is 0.767 bits per heavy atom. The van der Waals surface area contributed by atoms with Gasteiger partial charge >= 0.3 is 0 Å². The number of hydrogen-bond acceptors (Lipinski definition) is 0. The molecule has 0 unspecified atom stereocenters. The first-order valence-corrected chi connectivity index (χ1v) is 20.9. The summed E-state index contributed by atoms with van der Waals surface area (Å²) in [6, 6.07) is 75.9. The van der Waals surface area contributed by atoms with Gasteiger partial charge in [0.15, 0.2) is 0 Å². The second-order valence-electron chi connectivity index (χ2n) is 16.2. The molecule has 0 atom stereocenters. The summed E-state index contributed by atoms with van der Waals surface area (Å²) < 4.78 is 4.88. The second kappa shape index (κ2) is 13.4. The highest BCUT2D eigenvalue weighted by atomic mass is 15.0. The van der Waals surface area contributed by atoms with E-state index in [1.54, 1.807) is 0 Å². The zero-order valence-corrected chi connectivity index (χ0v) is 33.5. The highest BCUT2D eigenvalue weighted by molar-refractivity contribution is 6.22. The van der Waals surface area contributed by atoms with E-state index in [0.29, 0.717) is 0 Å². The summed E-state index contributed by atoms with van der Waals surface area (Å²) in [5, 5.41) is 10.1.